The van der Waals surface area contributed by atoms with E-state index in [2.05, 4.69) is 10.6 Å². The second-order valence-corrected chi connectivity index (χ2v) is 7.90. The molecule has 2 amide bonds. The molecule has 0 saturated heterocycles. The predicted octanol–water partition coefficient (Wildman–Crippen LogP) is 3.16. The van der Waals surface area contributed by atoms with Crippen molar-refractivity contribution in [1.29, 1.82) is 0 Å². The summed E-state index contributed by atoms with van der Waals surface area (Å²) in [5, 5.41) is 15.1. The number of amides is 2. The van der Waals surface area contributed by atoms with Gasteiger partial charge in [-0.15, -0.1) is 0 Å². The van der Waals surface area contributed by atoms with Crippen molar-refractivity contribution >= 4 is 17.8 Å². The smallest absolute Gasteiger partial charge is 0.326 e. The summed E-state index contributed by atoms with van der Waals surface area (Å²) in [5.74, 6) is -1.91. The molecule has 0 radical (unpaired) electrons. The molecular formula is C27H28N2O4. The number of carbonyl (C=O) groups is 3. The number of nitrogens with one attached hydrogen (secondary N) is 2. The Labute approximate surface area is 193 Å². The molecule has 0 aliphatic rings. The van der Waals surface area contributed by atoms with Gasteiger partial charge >= 0.3 is 5.97 Å². The highest BCUT2D eigenvalue weighted by Gasteiger charge is 2.26. The van der Waals surface area contributed by atoms with E-state index < -0.39 is 24.0 Å². The summed E-state index contributed by atoms with van der Waals surface area (Å²) in [4.78, 5) is 37.5. The molecule has 2 atom stereocenters. The zero-order valence-electron chi connectivity index (χ0n) is 18.3. The second-order valence-electron chi connectivity index (χ2n) is 7.90. The molecule has 170 valence electrons. The Morgan fingerprint density at radius 3 is 1.73 bits per heavy atom. The van der Waals surface area contributed by atoms with Crippen LogP contribution in [0.3, 0.4) is 0 Å². The van der Waals surface area contributed by atoms with Crippen LogP contribution in [0.1, 0.15) is 23.1 Å². The van der Waals surface area contributed by atoms with Gasteiger partial charge in [0, 0.05) is 6.42 Å². The fourth-order valence-electron chi connectivity index (χ4n) is 3.57. The highest BCUT2D eigenvalue weighted by Crippen LogP contribution is 2.09. The minimum absolute atomic E-state index is 0.141. The number of aryl methyl sites for hydroxylation is 1. The summed E-state index contributed by atoms with van der Waals surface area (Å²) in [7, 11) is 0. The number of carboxylic acid groups (broad SMARTS) is 1. The van der Waals surface area contributed by atoms with Crippen molar-refractivity contribution in [2.45, 2.75) is 37.8 Å². The molecule has 0 spiro atoms. The van der Waals surface area contributed by atoms with E-state index in [9.17, 15) is 19.5 Å². The lowest BCUT2D eigenvalue weighted by Gasteiger charge is -2.22. The summed E-state index contributed by atoms with van der Waals surface area (Å²) in [5.41, 5.74) is 2.68. The van der Waals surface area contributed by atoms with Gasteiger partial charge in [0.1, 0.15) is 12.1 Å². The zero-order chi connectivity index (χ0) is 23.5. The summed E-state index contributed by atoms with van der Waals surface area (Å²) in [6.07, 6.45) is 1.22. The van der Waals surface area contributed by atoms with Crippen LogP contribution in [0.5, 0.6) is 0 Å². The highest BCUT2D eigenvalue weighted by atomic mass is 16.4. The van der Waals surface area contributed by atoms with Gasteiger partial charge in [-0.25, -0.2) is 4.79 Å². The monoisotopic (exact) mass is 444 g/mol. The first-order valence-electron chi connectivity index (χ1n) is 11.0. The van der Waals surface area contributed by atoms with Crippen molar-refractivity contribution in [3.05, 3.63) is 108 Å². The van der Waals surface area contributed by atoms with E-state index in [4.69, 9.17) is 0 Å². The van der Waals surface area contributed by atoms with Crippen LogP contribution in [-0.2, 0) is 33.6 Å². The lowest BCUT2D eigenvalue weighted by molar-refractivity contribution is -0.142. The molecule has 3 aromatic rings. The average Bonchev–Trinajstić information content (AvgIpc) is 2.83. The van der Waals surface area contributed by atoms with E-state index >= 15 is 0 Å². The van der Waals surface area contributed by atoms with Gasteiger partial charge in [-0.1, -0.05) is 91.0 Å². The third-order valence-corrected chi connectivity index (χ3v) is 5.32. The number of benzene rings is 3. The lowest BCUT2D eigenvalue weighted by Crippen LogP contribution is -2.52. The van der Waals surface area contributed by atoms with Crippen molar-refractivity contribution in [2.24, 2.45) is 0 Å². The number of hydrogen-bond acceptors (Lipinski definition) is 3. The number of aliphatic carboxylic acids is 1. The quantitative estimate of drug-likeness (QED) is 0.423. The van der Waals surface area contributed by atoms with Crippen LogP contribution in [0.4, 0.5) is 0 Å². The van der Waals surface area contributed by atoms with E-state index in [1.807, 2.05) is 91.0 Å². The second kappa shape index (κ2) is 12.2. The Kier molecular flexibility index (Phi) is 8.77. The Bertz CT molecular complexity index is 1040. The summed E-state index contributed by atoms with van der Waals surface area (Å²) >= 11 is 0. The van der Waals surface area contributed by atoms with Gasteiger partial charge in [-0.3, -0.25) is 9.59 Å². The first kappa shape index (κ1) is 23.7. The molecule has 6 heteroatoms. The molecule has 0 aromatic heterocycles. The molecule has 0 saturated carbocycles. The van der Waals surface area contributed by atoms with Gasteiger partial charge in [0.25, 0.3) is 0 Å². The lowest BCUT2D eigenvalue weighted by atomic mass is 10.0. The predicted molar refractivity (Wildman–Crippen MR) is 127 cm³/mol. The van der Waals surface area contributed by atoms with E-state index in [1.54, 1.807) is 0 Å². The Morgan fingerprint density at radius 2 is 1.18 bits per heavy atom. The van der Waals surface area contributed by atoms with E-state index in [0.29, 0.717) is 12.8 Å². The number of hydrogen-bond donors (Lipinski definition) is 3. The minimum atomic E-state index is -1.12. The fourth-order valence-corrected chi connectivity index (χ4v) is 3.57. The van der Waals surface area contributed by atoms with E-state index in [-0.39, 0.29) is 18.7 Å². The molecule has 33 heavy (non-hydrogen) atoms. The van der Waals surface area contributed by atoms with Gasteiger partial charge in [0.15, 0.2) is 0 Å². The summed E-state index contributed by atoms with van der Waals surface area (Å²) in [6.45, 7) is 0. The van der Waals surface area contributed by atoms with Gasteiger partial charge in [0.2, 0.25) is 11.8 Å². The van der Waals surface area contributed by atoms with Crippen LogP contribution < -0.4 is 10.6 Å². The molecule has 0 aliphatic heterocycles. The Balaban J connectivity index is 1.69. The fraction of sp³-hybridized carbons (Fsp3) is 0.222. The van der Waals surface area contributed by atoms with Gasteiger partial charge in [0.05, 0.1) is 6.42 Å². The van der Waals surface area contributed by atoms with Crippen molar-refractivity contribution in [2.75, 3.05) is 0 Å². The largest absolute Gasteiger partial charge is 0.480 e. The topological polar surface area (TPSA) is 95.5 Å². The third kappa shape index (κ3) is 7.92. The molecule has 0 bridgehead atoms. The summed E-state index contributed by atoms with van der Waals surface area (Å²) in [6, 6.07) is 26.1. The Hall–Kier alpha value is -3.93. The van der Waals surface area contributed by atoms with Crippen molar-refractivity contribution in [3.63, 3.8) is 0 Å². The van der Waals surface area contributed by atoms with Gasteiger partial charge in [-0.05, 0) is 29.5 Å². The van der Waals surface area contributed by atoms with Crippen LogP contribution in [0, 0.1) is 0 Å². The molecule has 3 aromatic carbocycles. The van der Waals surface area contributed by atoms with E-state index in [1.165, 1.54) is 0 Å². The molecule has 3 N–H and O–H groups in total. The molecular weight excluding hydrogens is 416 g/mol. The zero-order valence-corrected chi connectivity index (χ0v) is 18.3. The third-order valence-electron chi connectivity index (χ3n) is 5.32. The SMILES string of the molecule is O=C(Cc1ccccc1)N[C@@H](CCc1ccccc1)C(=O)N[C@@H](Cc1ccccc1)C(=O)O. The van der Waals surface area contributed by atoms with Gasteiger partial charge in [-0.2, -0.15) is 0 Å². The van der Waals surface area contributed by atoms with Crippen molar-refractivity contribution in [3.8, 4) is 0 Å². The number of carboxylic acids is 1. The molecule has 3 rings (SSSR count). The number of rotatable bonds is 11. The summed E-state index contributed by atoms with van der Waals surface area (Å²) < 4.78 is 0. The number of carbonyl (C=O) groups excluding carboxylic acids is 2. The highest BCUT2D eigenvalue weighted by molar-refractivity contribution is 5.91. The van der Waals surface area contributed by atoms with Crippen LogP contribution in [0.25, 0.3) is 0 Å². The van der Waals surface area contributed by atoms with Gasteiger partial charge < -0.3 is 15.7 Å². The first-order valence-corrected chi connectivity index (χ1v) is 11.0. The molecule has 0 fully saturated rings. The molecule has 0 unspecified atom stereocenters. The van der Waals surface area contributed by atoms with Crippen LogP contribution >= 0.6 is 0 Å². The maximum absolute atomic E-state index is 13.1. The molecule has 0 aliphatic carbocycles. The van der Waals surface area contributed by atoms with Crippen molar-refractivity contribution in [1.82, 2.24) is 10.6 Å². The maximum atomic E-state index is 13.1. The van der Waals surface area contributed by atoms with Crippen LogP contribution in [0.15, 0.2) is 91.0 Å². The van der Waals surface area contributed by atoms with Crippen LogP contribution in [0.2, 0.25) is 0 Å². The van der Waals surface area contributed by atoms with Crippen molar-refractivity contribution < 1.29 is 19.5 Å². The minimum Gasteiger partial charge on any atom is -0.480 e. The average molecular weight is 445 g/mol. The van der Waals surface area contributed by atoms with E-state index in [0.717, 1.165) is 16.7 Å². The normalized spacial score (nSPS) is 12.4. The maximum Gasteiger partial charge on any atom is 0.326 e. The Morgan fingerprint density at radius 1 is 0.667 bits per heavy atom. The molecule has 0 heterocycles. The molecule has 6 nitrogen and oxygen atoms in total. The standard InChI is InChI=1S/C27H28N2O4/c30-25(19-22-14-8-3-9-15-22)28-23(17-16-20-10-4-1-5-11-20)26(31)29-24(27(32)33)18-21-12-6-2-7-13-21/h1-15,23-24H,16-19H2,(H,28,30)(H,29,31)(H,32,33)/t23-,24-/m0/s1. The van der Waals surface area contributed by atoms with Crippen LogP contribution in [-0.4, -0.2) is 35.0 Å². The first-order chi connectivity index (χ1) is 16.0.